The molecule has 122 valence electrons. The first-order chi connectivity index (χ1) is 10.3. The van der Waals surface area contributed by atoms with Crippen molar-refractivity contribution in [3.63, 3.8) is 0 Å². The highest BCUT2D eigenvalue weighted by Gasteiger charge is 2.25. The fraction of sp³-hybridized carbons (Fsp3) is 0.533. The second kappa shape index (κ2) is 6.76. The van der Waals surface area contributed by atoms with Crippen LogP contribution in [-0.2, 0) is 14.8 Å². The Kier molecular flexibility index (Phi) is 5.20. The number of hydrogen-bond donors (Lipinski definition) is 2. The van der Waals surface area contributed by atoms with E-state index in [0.29, 0.717) is 11.1 Å². The molecular weight excluding hydrogens is 304 g/mol. The molecule has 0 amide bonds. The Hall–Kier alpha value is -1.44. The summed E-state index contributed by atoms with van der Waals surface area (Å²) in [5, 5.41) is 0. The van der Waals surface area contributed by atoms with Crippen molar-refractivity contribution in [3.8, 4) is 0 Å². The van der Waals surface area contributed by atoms with Gasteiger partial charge in [0.25, 0.3) is 0 Å². The lowest BCUT2D eigenvalue weighted by Crippen LogP contribution is -2.40. The normalized spacial score (nSPS) is 22.3. The van der Waals surface area contributed by atoms with Crippen LogP contribution in [0.5, 0.6) is 0 Å². The van der Waals surface area contributed by atoms with Crippen LogP contribution in [0.15, 0.2) is 23.1 Å². The molecule has 0 unspecified atom stereocenters. The lowest BCUT2D eigenvalue weighted by molar-refractivity contribution is 0.0600. The molecule has 22 heavy (non-hydrogen) atoms. The molecule has 1 fully saturated rings. The minimum Gasteiger partial charge on any atom is -0.465 e. The van der Waals surface area contributed by atoms with E-state index in [1.807, 2.05) is 0 Å². The van der Waals surface area contributed by atoms with Crippen molar-refractivity contribution in [2.24, 2.45) is 5.73 Å². The average Bonchev–Trinajstić information content (AvgIpc) is 2.48. The molecule has 0 saturated heterocycles. The number of benzene rings is 1. The molecule has 0 aliphatic heterocycles. The van der Waals surface area contributed by atoms with E-state index in [2.05, 4.69) is 9.46 Å². The molecule has 0 atom stereocenters. The van der Waals surface area contributed by atoms with Gasteiger partial charge in [0.05, 0.1) is 17.6 Å². The summed E-state index contributed by atoms with van der Waals surface area (Å²) in [5.74, 6) is -0.485. The van der Waals surface area contributed by atoms with E-state index in [-0.39, 0.29) is 17.0 Å². The quantitative estimate of drug-likeness (QED) is 0.813. The average molecular weight is 326 g/mol. The highest BCUT2D eigenvalue weighted by molar-refractivity contribution is 7.89. The van der Waals surface area contributed by atoms with Crippen LogP contribution in [-0.4, -0.2) is 33.6 Å². The first-order valence-corrected chi connectivity index (χ1v) is 8.78. The van der Waals surface area contributed by atoms with Crippen LogP contribution in [0.4, 0.5) is 0 Å². The molecule has 0 bridgehead atoms. The highest BCUT2D eigenvalue weighted by Crippen LogP contribution is 2.22. The SMILES string of the molecule is COC(=O)c1ccc(S(=O)(=O)NC2CCC(N)CC2)c(C)c1. The number of ether oxygens (including phenoxy) is 1. The molecule has 2 rings (SSSR count). The molecule has 6 nitrogen and oxygen atoms in total. The lowest BCUT2D eigenvalue weighted by atomic mass is 9.93. The zero-order chi connectivity index (χ0) is 16.3. The van der Waals surface area contributed by atoms with Gasteiger partial charge in [-0.05, 0) is 56.4 Å². The van der Waals surface area contributed by atoms with E-state index in [1.165, 1.54) is 25.3 Å². The van der Waals surface area contributed by atoms with Gasteiger partial charge in [0.1, 0.15) is 0 Å². The van der Waals surface area contributed by atoms with Gasteiger partial charge >= 0.3 is 5.97 Å². The van der Waals surface area contributed by atoms with Crippen molar-refractivity contribution in [2.45, 2.75) is 49.6 Å². The van der Waals surface area contributed by atoms with Crippen molar-refractivity contribution >= 4 is 16.0 Å². The van der Waals surface area contributed by atoms with Crippen molar-refractivity contribution in [1.82, 2.24) is 4.72 Å². The number of sulfonamides is 1. The summed E-state index contributed by atoms with van der Waals surface area (Å²) in [6.45, 7) is 1.66. The van der Waals surface area contributed by atoms with E-state index in [9.17, 15) is 13.2 Å². The summed E-state index contributed by atoms with van der Waals surface area (Å²) in [7, 11) is -2.31. The van der Waals surface area contributed by atoms with Gasteiger partial charge in [0, 0.05) is 12.1 Å². The number of rotatable bonds is 4. The van der Waals surface area contributed by atoms with Gasteiger partial charge < -0.3 is 10.5 Å². The number of nitrogens with one attached hydrogen (secondary N) is 1. The molecule has 1 aliphatic rings. The van der Waals surface area contributed by atoms with Crippen LogP contribution in [0.1, 0.15) is 41.6 Å². The summed E-state index contributed by atoms with van der Waals surface area (Å²) < 4.78 is 32.4. The van der Waals surface area contributed by atoms with Crippen LogP contribution in [0.25, 0.3) is 0 Å². The Morgan fingerprint density at radius 1 is 1.27 bits per heavy atom. The molecular formula is C15H22N2O4S. The van der Waals surface area contributed by atoms with Gasteiger partial charge in [-0.1, -0.05) is 0 Å². The summed E-state index contributed by atoms with van der Waals surface area (Å²) in [4.78, 5) is 11.7. The Morgan fingerprint density at radius 2 is 1.91 bits per heavy atom. The molecule has 1 saturated carbocycles. The van der Waals surface area contributed by atoms with Crippen LogP contribution < -0.4 is 10.5 Å². The fourth-order valence-electron chi connectivity index (χ4n) is 2.72. The minimum atomic E-state index is -3.60. The molecule has 0 aromatic heterocycles. The number of methoxy groups -OCH3 is 1. The second-order valence-corrected chi connectivity index (χ2v) is 7.39. The van der Waals surface area contributed by atoms with Crippen molar-refractivity contribution < 1.29 is 17.9 Å². The molecule has 0 spiro atoms. The molecule has 1 aromatic rings. The summed E-state index contributed by atoms with van der Waals surface area (Å²) in [5.41, 5.74) is 6.69. The zero-order valence-corrected chi connectivity index (χ0v) is 13.7. The van der Waals surface area contributed by atoms with E-state index in [0.717, 1.165) is 25.7 Å². The number of nitrogens with two attached hydrogens (primary N) is 1. The maximum atomic E-state index is 12.5. The Bertz CT molecular complexity index is 650. The number of carbonyl (C=O) groups is 1. The molecule has 0 radical (unpaired) electrons. The topological polar surface area (TPSA) is 98.5 Å². The van der Waals surface area contributed by atoms with Crippen LogP contribution in [0.3, 0.4) is 0 Å². The number of hydrogen-bond acceptors (Lipinski definition) is 5. The van der Waals surface area contributed by atoms with E-state index in [4.69, 9.17) is 5.73 Å². The third-order valence-corrected chi connectivity index (χ3v) is 5.66. The number of aryl methyl sites for hydroxylation is 1. The van der Waals surface area contributed by atoms with Gasteiger partial charge in [-0.15, -0.1) is 0 Å². The van der Waals surface area contributed by atoms with Crippen molar-refractivity contribution in [1.29, 1.82) is 0 Å². The third kappa shape index (κ3) is 3.85. The monoisotopic (exact) mass is 326 g/mol. The molecule has 1 aromatic carbocycles. The summed E-state index contributed by atoms with van der Waals surface area (Å²) >= 11 is 0. The van der Waals surface area contributed by atoms with Gasteiger partial charge in [-0.3, -0.25) is 0 Å². The maximum Gasteiger partial charge on any atom is 0.337 e. The van der Waals surface area contributed by atoms with Crippen molar-refractivity contribution in [3.05, 3.63) is 29.3 Å². The summed E-state index contributed by atoms with van der Waals surface area (Å²) in [6.07, 6.45) is 3.15. The van der Waals surface area contributed by atoms with Crippen LogP contribution >= 0.6 is 0 Å². The standard InChI is InChI=1S/C15H22N2O4S/c1-10-9-11(15(18)21-2)3-8-14(10)22(19,20)17-13-6-4-12(16)5-7-13/h3,8-9,12-13,17H,4-7,16H2,1-2H3. The predicted molar refractivity (Wildman–Crippen MR) is 83.1 cm³/mol. The van der Waals surface area contributed by atoms with Crippen LogP contribution in [0, 0.1) is 6.92 Å². The van der Waals surface area contributed by atoms with E-state index < -0.39 is 16.0 Å². The first kappa shape index (κ1) is 16.9. The molecule has 1 aliphatic carbocycles. The van der Waals surface area contributed by atoms with Gasteiger partial charge in [0.2, 0.25) is 10.0 Å². The predicted octanol–water partition coefficient (Wildman–Crippen LogP) is 1.33. The fourth-order valence-corrected chi connectivity index (χ4v) is 4.25. The first-order valence-electron chi connectivity index (χ1n) is 7.30. The minimum absolute atomic E-state index is 0.0792. The Labute approximate surface area is 131 Å². The molecule has 3 N–H and O–H groups in total. The van der Waals surface area contributed by atoms with E-state index >= 15 is 0 Å². The molecule has 7 heteroatoms. The number of esters is 1. The Balaban J connectivity index is 2.17. The maximum absolute atomic E-state index is 12.5. The van der Waals surface area contributed by atoms with E-state index in [1.54, 1.807) is 6.92 Å². The van der Waals surface area contributed by atoms with Gasteiger partial charge in [0.15, 0.2) is 0 Å². The highest BCUT2D eigenvalue weighted by atomic mass is 32.2. The third-order valence-electron chi connectivity index (χ3n) is 3.98. The lowest BCUT2D eigenvalue weighted by Gasteiger charge is -2.26. The van der Waals surface area contributed by atoms with Gasteiger partial charge in [-0.2, -0.15) is 0 Å². The van der Waals surface area contributed by atoms with Crippen LogP contribution in [0.2, 0.25) is 0 Å². The smallest absolute Gasteiger partial charge is 0.337 e. The summed E-state index contributed by atoms with van der Waals surface area (Å²) in [6, 6.07) is 4.52. The Morgan fingerprint density at radius 3 is 2.45 bits per heavy atom. The largest absolute Gasteiger partial charge is 0.465 e. The molecule has 0 heterocycles. The zero-order valence-electron chi connectivity index (χ0n) is 12.8. The van der Waals surface area contributed by atoms with Crippen molar-refractivity contribution in [2.75, 3.05) is 7.11 Å². The van der Waals surface area contributed by atoms with Gasteiger partial charge in [-0.25, -0.2) is 17.9 Å². The number of carbonyl (C=O) groups excluding carboxylic acids is 1. The second-order valence-electron chi connectivity index (χ2n) is 5.70.